The average Bonchev–Trinajstić information content (AvgIpc) is 2.67. The molecule has 1 aromatic heterocycles. The molecule has 1 amide bonds. The number of thiazole rings is 1. The zero-order valence-electron chi connectivity index (χ0n) is 10.2. The lowest BCUT2D eigenvalue weighted by molar-refractivity contribution is -0.123. The van der Waals surface area contributed by atoms with E-state index in [9.17, 15) is 4.79 Å². The zero-order valence-corrected chi connectivity index (χ0v) is 11.8. The van der Waals surface area contributed by atoms with Crippen molar-refractivity contribution in [2.75, 3.05) is 5.32 Å². The van der Waals surface area contributed by atoms with Gasteiger partial charge in [0.05, 0.1) is 11.2 Å². The van der Waals surface area contributed by atoms with Gasteiger partial charge in [0.1, 0.15) is 0 Å². The minimum atomic E-state index is -0.633. The molecule has 2 aliphatic carbocycles. The van der Waals surface area contributed by atoms with Crippen LogP contribution in [-0.2, 0) is 17.6 Å². The molecular weight excluding hydrogens is 270 g/mol. The van der Waals surface area contributed by atoms with E-state index in [0.717, 1.165) is 37.2 Å². The lowest BCUT2D eigenvalue weighted by Crippen LogP contribution is -2.56. The van der Waals surface area contributed by atoms with Crippen molar-refractivity contribution in [3.05, 3.63) is 10.6 Å². The van der Waals surface area contributed by atoms with Gasteiger partial charge in [-0.25, -0.2) is 4.98 Å². The van der Waals surface area contributed by atoms with Crippen LogP contribution in [0.25, 0.3) is 0 Å². The van der Waals surface area contributed by atoms with Crippen LogP contribution >= 0.6 is 23.7 Å². The van der Waals surface area contributed by atoms with E-state index < -0.39 is 5.54 Å². The molecular formula is C12H18ClN3OS. The summed E-state index contributed by atoms with van der Waals surface area (Å²) in [4.78, 5) is 17.8. The molecule has 100 valence electrons. The molecule has 4 nitrogen and oxygen atoms in total. The van der Waals surface area contributed by atoms with Gasteiger partial charge in [-0.15, -0.1) is 23.7 Å². The first-order valence-electron chi connectivity index (χ1n) is 6.26. The standard InChI is InChI=1S/C12H17N3OS.ClH/c13-12(6-3-7-12)10(16)15-11-14-8-4-1-2-5-9(8)17-11;/h1-7,13H2,(H,14,15,16);1H. The van der Waals surface area contributed by atoms with Crippen molar-refractivity contribution in [2.45, 2.75) is 50.5 Å². The van der Waals surface area contributed by atoms with Crippen molar-refractivity contribution in [1.82, 2.24) is 4.98 Å². The number of amides is 1. The van der Waals surface area contributed by atoms with Crippen LogP contribution in [0.5, 0.6) is 0 Å². The summed E-state index contributed by atoms with van der Waals surface area (Å²) in [7, 11) is 0. The average molecular weight is 288 g/mol. The van der Waals surface area contributed by atoms with Crippen LogP contribution in [0.2, 0.25) is 0 Å². The number of carbonyl (C=O) groups excluding carboxylic acids is 1. The SMILES string of the molecule is Cl.NC1(C(=O)Nc2nc3c(s2)CCCC3)CCC1. The van der Waals surface area contributed by atoms with Crippen molar-refractivity contribution in [1.29, 1.82) is 0 Å². The summed E-state index contributed by atoms with van der Waals surface area (Å²) in [5.74, 6) is -0.0603. The third-order valence-electron chi connectivity index (χ3n) is 3.76. The van der Waals surface area contributed by atoms with E-state index in [-0.39, 0.29) is 18.3 Å². The van der Waals surface area contributed by atoms with E-state index in [4.69, 9.17) is 5.73 Å². The largest absolute Gasteiger partial charge is 0.317 e. The van der Waals surface area contributed by atoms with Crippen LogP contribution in [0.4, 0.5) is 5.13 Å². The highest BCUT2D eigenvalue weighted by Crippen LogP contribution is 2.33. The number of aromatic nitrogens is 1. The molecule has 18 heavy (non-hydrogen) atoms. The molecule has 1 fully saturated rings. The van der Waals surface area contributed by atoms with Gasteiger partial charge in [-0.1, -0.05) is 0 Å². The smallest absolute Gasteiger partial charge is 0.246 e. The Hall–Kier alpha value is -0.650. The minimum absolute atomic E-state index is 0. The molecule has 0 saturated heterocycles. The number of halogens is 1. The Balaban J connectivity index is 0.00000120. The van der Waals surface area contributed by atoms with Gasteiger partial charge in [0, 0.05) is 4.88 Å². The van der Waals surface area contributed by atoms with Gasteiger partial charge in [-0.05, 0) is 44.9 Å². The van der Waals surface area contributed by atoms with Crippen LogP contribution in [0.1, 0.15) is 42.7 Å². The lowest BCUT2D eigenvalue weighted by atomic mass is 9.77. The van der Waals surface area contributed by atoms with E-state index in [1.807, 2.05) is 0 Å². The predicted octanol–water partition coefficient (Wildman–Crippen LogP) is 2.26. The fourth-order valence-corrected chi connectivity index (χ4v) is 3.46. The van der Waals surface area contributed by atoms with Crippen molar-refractivity contribution in [3.63, 3.8) is 0 Å². The van der Waals surface area contributed by atoms with Gasteiger partial charge in [0.15, 0.2) is 5.13 Å². The number of carbonyl (C=O) groups is 1. The molecule has 1 heterocycles. The molecule has 3 N–H and O–H groups in total. The van der Waals surface area contributed by atoms with Gasteiger partial charge >= 0.3 is 0 Å². The highest BCUT2D eigenvalue weighted by Gasteiger charge is 2.40. The van der Waals surface area contributed by atoms with Crippen molar-refractivity contribution < 1.29 is 4.79 Å². The third-order valence-corrected chi connectivity index (χ3v) is 4.84. The summed E-state index contributed by atoms with van der Waals surface area (Å²) >= 11 is 1.62. The Morgan fingerprint density at radius 2 is 2.00 bits per heavy atom. The van der Waals surface area contributed by atoms with Gasteiger partial charge in [-0.2, -0.15) is 0 Å². The molecule has 0 bridgehead atoms. The quantitative estimate of drug-likeness (QED) is 0.877. The van der Waals surface area contributed by atoms with E-state index in [1.54, 1.807) is 11.3 Å². The van der Waals surface area contributed by atoms with Crippen LogP contribution in [0.3, 0.4) is 0 Å². The maximum absolute atomic E-state index is 12.0. The monoisotopic (exact) mass is 287 g/mol. The number of rotatable bonds is 2. The van der Waals surface area contributed by atoms with Crippen LogP contribution < -0.4 is 11.1 Å². The molecule has 0 atom stereocenters. The van der Waals surface area contributed by atoms with Crippen LogP contribution in [0.15, 0.2) is 0 Å². The Morgan fingerprint density at radius 3 is 2.61 bits per heavy atom. The highest BCUT2D eigenvalue weighted by atomic mass is 35.5. The molecule has 0 radical (unpaired) electrons. The van der Waals surface area contributed by atoms with Crippen molar-refractivity contribution >= 4 is 34.8 Å². The number of nitrogens with two attached hydrogens (primary N) is 1. The number of hydrogen-bond donors (Lipinski definition) is 2. The van der Waals surface area contributed by atoms with E-state index in [1.165, 1.54) is 23.4 Å². The van der Waals surface area contributed by atoms with Gasteiger partial charge < -0.3 is 11.1 Å². The fourth-order valence-electron chi connectivity index (χ4n) is 2.41. The predicted molar refractivity (Wildman–Crippen MR) is 75.4 cm³/mol. The van der Waals surface area contributed by atoms with Crippen LogP contribution in [-0.4, -0.2) is 16.4 Å². The lowest BCUT2D eigenvalue weighted by Gasteiger charge is -2.35. The summed E-state index contributed by atoms with van der Waals surface area (Å²) in [6, 6.07) is 0. The van der Waals surface area contributed by atoms with E-state index in [0.29, 0.717) is 0 Å². The van der Waals surface area contributed by atoms with Crippen molar-refractivity contribution in [3.8, 4) is 0 Å². The summed E-state index contributed by atoms with van der Waals surface area (Å²) < 4.78 is 0. The van der Waals surface area contributed by atoms with Gasteiger partial charge in [-0.3, -0.25) is 4.79 Å². The van der Waals surface area contributed by atoms with Gasteiger partial charge in [0.25, 0.3) is 0 Å². The first kappa shape index (κ1) is 13.8. The molecule has 1 saturated carbocycles. The number of nitrogens with zero attached hydrogens (tertiary/aromatic N) is 1. The normalized spacial score (nSPS) is 20.3. The van der Waals surface area contributed by atoms with E-state index in [2.05, 4.69) is 10.3 Å². The molecule has 0 aliphatic heterocycles. The second-order valence-electron chi connectivity index (χ2n) is 5.06. The molecule has 0 aromatic carbocycles. The fraction of sp³-hybridized carbons (Fsp3) is 0.667. The maximum Gasteiger partial charge on any atom is 0.246 e. The zero-order chi connectivity index (χ0) is 11.9. The Labute approximate surface area is 117 Å². The summed E-state index contributed by atoms with van der Waals surface area (Å²) in [6.45, 7) is 0. The van der Waals surface area contributed by atoms with Crippen molar-refractivity contribution in [2.24, 2.45) is 5.73 Å². The summed E-state index contributed by atoms with van der Waals surface area (Å²) in [5, 5.41) is 3.62. The highest BCUT2D eigenvalue weighted by molar-refractivity contribution is 7.15. The number of anilines is 1. The number of nitrogens with one attached hydrogen (secondary N) is 1. The first-order chi connectivity index (χ1) is 8.17. The molecule has 2 aliphatic rings. The molecule has 3 rings (SSSR count). The molecule has 6 heteroatoms. The second kappa shape index (κ2) is 5.15. The summed E-state index contributed by atoms with van der Waals surface area (Å²) in [6.07, 6.45) is 7.26. The molecule has 1 aromatic rings. The second-order valence-corrected chi connectivity index (χ2v) is 6.14. The maximum atomic E-state index is 12.0. The van der Waals surface area contributed by atoms with Gasteiger partial charge in [0.2, 0.25) is 5.91 Å². The number of fused-ring (bicyclic) bond motifs is 1. The first-order valence-corrected chi connectivity index (χ1v) is 7.08. The minimum Gasteiger partial charge on any atom is -0.317 e. The Kier molecular flexibility index (Phi) is 3.94. The Bertz CT molecular complexity index is 433. The molecule has 0 unspecified atom stereocenters. The van der Waals surface area contributed by atoms with Crippen LogP contribution in [0, 0.1) is 0 Å². The number of hydrogen-bond acceptors (Lipinski definition) is 4. The Morgan fingerprint density at radius 1 is 1.28 bits per heavy atom. The number of aryl methyl sites for hydroxylation is 2. The summed E-state index contributed by atoms with van der Waals surface area (Å²) in [5.41, 5.74) is 6.53. The molecule has 0 spiro atoms. The topological polar surface area (TPSA) is 68.0 Å². The van der Waals surface area contributed by atoms with E-state index >= 15 is 0 Å². The third kappa shape index (κ3) is 2.39.